The molecule has 1 aromatic heterocycles. The van der Waals surface area contributed by atoms with Crippen LogP contribution in [0.4, 0.5) is 5.69 Å². The lowest BCUT2D eigenvalue weighted by Gasteiger charge is -2.20. The number of hydrogen-bond donors (Lipinski definition) is 1. The molecule has 7 heteroatoms. The molecular weight excluding hydrogens is 379 g/mol. The van der Waals surface area contributed by atoms with Gasteiger partial charge in [0.25, 0.3) is 5.91 Å². The lowest BCUT2D eigenvalue weighted by molar-refractivity contribution is -0.116. The lowest BCUT2D eigenvalue weighted by Crippen LogP contribution is -2.37. The average molecular weight is 399 g/mol. The highest BCUT2D eigenvalue weighted by atomic mass is 35.5. The van der Waals surface area contributed by atoms with E-state index < -0.39 is 0 Å². The van der Waals surface area contributed by atoms with Gasteiger partial charge in [0.15, 0.2) is 0 Å². The van der Waals surface area contributed by atoms with Gasteiger partial charge in [-0.25, -0.2) is 0 Å². The van der Waals surface area contributed by atoms with Crippen molar-refractivity contribution in [1.29, 1.82) is 0 Å². The van der Waals surface area contributed by atoms with E-state index >= 15 is 0 Å². The second-order valence-corrected chi connectivity index (χ2v) is 7.49. The Hall–Kier alpha value is -1.56. The van der Waals surface area contributed by atoms with Crippen LogP contribution in [0.15, 0.2) is 24.3 Å². The molecule has 1 aromatic carbocycles. The number of halogens is 2. The summed E-state index contributed by atoms with van der Waals surface area (Å²) in [6.45, 7) is 6.27. The molecular formula is C18H20Cl2N2O2S. The highest BCUT2D eigenvalue weighted by Gasteiger charge is 2.21. The Morgan fingerprint density at radius 2 is 1.84 bits per heavy atom. The molecule has 1 N–H and O–H groups in total. The molecule has 0 fully saturated rings. The Bertz CT molecular complexity index is 769. The first-order valence-corrected chi connectivity index (χ1v) is 9.57. The van der Waals surface area contributed by atoms with E-state index in [-0.39, 0.29) is 18.4 Å². The summed E-state index contributed by atoms with van der Waals surface area (Å²) >= 11 is 13.6. The molecule has 0 atom stereocenters. The van der Waals surface area contributed by atoms with Gasteiger partial charge in [0, 0.05) is 11.4 Å². The predicted octanol–water partition coefficient (Wildman–Crippen LogP) is 5.03. The summed E-state index contributed by atoms with van der Waals surface area (Å²) in [7, 11) is 0. The molecule has 0 unspecified atom stereocenters. The zero-order valence-electron chi connectivity index (χ0n) is 14.4. The van der Waals surface area contributed by atoms with Crippen molar-refractivity contribution < 1.29 is 9.59 Å². The van der Waals surface area contributed by atoms with Crippen molar-refractivity contribution in [2.24, 2.45) is 0 Å². The van der Waals surface area contributed by atoms with Crippen LogP contribution in [0.1, 0.15) is 34.0 Å². The van der Waals surface area contributed by atoms with E-state index in [1.807, 2.05) is 19.9 Å². The molecule has 0 bridgehead atoms. The summed E-state index contributed by atoms with van der Waals surface area (Å²) in [5.74, 6) is -0.482. The zero-order valence-corrected chi connectivity index (χ0v) is 16.7. The number of nitrogens with one attached hydrogen (secondary N) is 1. The van der Waals surface area contributed by atoms with Crippen LogP contribution in [0.5, 0.6) is 0 Å². The molecule has 0 radical (unpaired) electrons. The van der Waals surface area contributed by atoms with Gasteiger partial charge in [-0.2, -0.15) is 0 Å². The number of amides is 2. The highest BCUT2D eigenvalue weighted by Crippen LogP contribution is 2.29. The standard InChI is InChI=1S/C18H20Cl2N2O2S/c1-4-14-11(3)9-15(25-14)18(24)22(5-2)10-16(23)21-17-12(19)7-6-8-13(17)20/h6-9H,4-5,10H2,1-3H3,(H,21,23). The zero-order chi connectivity index (χ0) is 18.6. The fraction of sp³-hybridized carbons (Fsp3) is 0.333. The van der Waals surface area contributed by atoms with Crippen LogP contribution in [0.3, 0.4) is 0 Å². The minimum absolute atomic E-state index is 0.0602. The third kappa shape index (κ3) is 4.75. The molecule has 2 aromatic rings. The lowest BCUT2D eigenvalue weighted by atomic mass is 10.2. The first kappa shape index (κ1) is 19.8. The van der Waals surface area contributed by atoms with E-state index in [1.54, 1.807) is 18.2 Å². The number of aryl methyl sites for hydroxylation is 2. The molecule has 0 aliphatic rings. The maximum absolute atomic E-state index is 12.7. The monoisotopic (exact) mass is 398 g/mol. The van der Waals surface area contributed by atoms with Gasteiger partial charge in [0.2, 0.25) is 5.91 Å². The second-order valence-electron chi connectivity index (χ2n) is 5.53. The van der Waals surface area contributed by atoms with Gasteiger partial charge >= 0.3 is 0 Å². The first-order valence-electron chi connectivity index (χ1n) is 7.99. The number of hydrogen-bond acceptors (Lipinski definition) is 3. The summed E-state index contributed by atoms with van der Waals surface area (Å²) in [5, 5.41) is 3.40. The van der Waals surface area contributed by atoms with Gasteiger partial charge < -0.3 is 10.2 Å². The number of para-hydroxylation sites is 1. The van der Waals surface area contributed by atoms with E-state index in [9.17, 15) is 9.59 Å². The Balaban J connectivity index is 2.10. The van der Waals surface area contributed by atoms with Gasteiger partial charge in [-0.05, 0) is 44.0 Å². The van der Waals surface area contributed by atoms with Crippen LogP contribution in [-0.4, -0.2) is 29.8 Å². The number of thiophene rings is 1. The minimum Gasteiger partial charge on any atom is -0.329 e. The molecule has 2 rings (SSSR count). The Kier molecular flexibility index (Phi) is 6.87. The maximum Gasteiger partial charge on any atom is 0.264 e. The van der Waals surface area contributed by atoms with E-state index in [1.165, 1.54) is 21.1 Å². The van der Waals surface area contributed by atoms with Gasteiger partial charge in [0.05, 0.1) is 20.6 Å². The number of likely N-dealkylation sites (N-methyl/N-ethyl adjacent to an activating group) is 1. The second kappa shape index (κ2) is 8.70. The van der Waals surface area contributed by atoms with E-state index in [4.69, 9.17) is 23.2 Å². The smallest absolute Gasteiger partial charge is 0.264 e. The van der Waals surface area contributed by atoms with E-state index in [0.717, 1.165) is 12.0 Å². The van der Waals surface area contributed by atoms with Crippen LogP contribution in [0, 0.1) is 6.92 Å². The van der Waals surface area contributed by atoms with Gasteiger partial charge in [0.1, 0.15) is 6.54 Å². The molecule has 134 valence electrons. The molecule has 2 amide bonds. The largest absolute Gasteiger partial charge is 0.329 e. The molecule has 4 nitrogen and oxygen atoms in total. The van der Waals surface area contributed by atoms with Crippen molar-refractivity contribution in [2.75, 3.05) is 18.4 Å². The molecule has 0 saturated carbocycles. The van der Waals surface area contributed by atoms with Crippen LogP contribution in [0.25, 0.3) is 0 Å². The molecule has 0 aliphatic carbocycles. The molecule has 0 aliphatic heterocycles. The maximum atomic E-state index is 12.7. The SMILES string of the molecule is CCc1sc(C(=O)N(CC)CC(=O)Nc2c(Cl)cccc2Cl)cc1C. The van der Waals surface area contributed by atoms with Crippen LogP contribution in [-0.2, 0) is 11.2 Å². The number of carbonyl (C=O) groups is 2. The molecule has 25 heavy (non-hydrogen) atoms. The third-order valence-corrected chi connectivity index (χ3v) is 5.78. The van der Waals surface area contributed by atoms with Crippen LogP contribution < -0.4 is 5.32 Å². The summed E-state index contributed by atoms with van der Waals surface area (Å²) in [6.07, 6.45) is 0.890. The summed E-state index contributed by atoms with van der Waals surface area (Å²) < 4.78 is 0. The van der Waals surface area contributed by atoms with Crippen molar-refractivity contribution in [1.82, 2.24) is 4.90 Å². The third-order valence-electron chi connectivity index (χ3n) is 3.78. The Labute approximate surface area is 161 Å². The van der Waals surface area contributed by atoms with Crippen molar-refractivity contribution in [3.05, 3.63) is 49.6 Å². The van der Waals surface area contributed by atoms with E-state index in [2.05, 4.69) is 12.2 Å². The van der Waals surface area contributed by atoms with E-state index in [0.29, 0.717) is 27.2 Å². The normalized spacial score (nSPS) is 10.6. The van der Waals surface area contributed by atoms with Gasteiger partial charge in [-0.15, -0.1) is 11.3 Å². The Morgan fingerprint density at radius 3 is 2.36 bits per heavy atom. The van der Waals surface area contributed by atoms with Crippen LogP contribution in [0.2, 0.25) is 10.0 Å². The Morgan fingerprint density at radius 1 is 1.20 bits per heavy atom. The minimum atomic E-state index is -0.339. The van der Waals surface area contributed by atoms with Crippen LogP contribution >= 0.6 is 34.5 Å². The topological polar surface area (TPSA) is 49.4 Å². The number of anilines is 1. The molecule has 0 spiro atoms. The fourth-order valence-electron chi connectivity index (χ4n) is 2.43. The predicted molar refractivity (Wildman–Crippen MR) is 105 cm³/mol. The van der Waals surface area contributed by atoms with Gasteiger partial charge in [-0.3, -0.25) is 9.59 Å². The average Bonchev–Trinajstić information content (AvgIpc) is 2.96. The number of carbonyl (C=O) groups excluding carboxylic acids is 2. The number of benzene rings is 1. The van der Waals surface area contributed by atoms with Crippen molar-refractivity contribution in [2.45, 2.75) is 27.2 Å². The number of nitrogens with zero attached hydrogens (tertiary/aromatic N) is 1. The fourth-order valence-corrected chi connectivity index (χ4v) is 4.00. The number of rotatable bonds is 6. The molecule has 0 saturated heterocycles. The highest BCUT2D eigenvalue weighted by molar-refractivity contribution is 7.14. The van der Waals surface area contributed by atoms with Crippen molar-refractivity contribution in [3.8, 4) is 0 Å². The summed E-state index contributed by atoms with van der Waals surface area (Å²) in [4.78, 5) is 28.4. The van der Waals surface area contributed by atoms with Crippen molar-refractivity contribution in [3.63, 3.8) is 0 Å². The summed E-state index contributed by atoms with van der Waals surface area (Å²) in [5.41, 5.74) is 1.47. The summed E-state index contributed by atoms with van der Waals surface area (Å²) in [6, 6.07) is 6.88. The van der Waals surface area contributed by atoms with Crippen molar-refractivity contribution >= 4 is 52.0 Å². The van der Waals surface area contributed by atoms with Gasteiger partial charge in [-0.1, -0.05) is 36.2 Å². The first-order chi connectivity index (χ1) is 11.9. The quantitative estimate of drug-likeness (QED) is 0.741. The molecule has 1 heterocycles.